The van der Waals surface area contributed by atoms with Gasteiger partial charge in [0.1, 0.15) is 17.3 Å². The molecule has 3 nitrogen and oxygen atoms in total. The minimum atomic E-state index is -0.639. The average molecular weight is 295 g/mol. The third kappa shape index (κ3) is 2.75. The Bertz CT molecular complexity index is 656. The highest BCUT2D eigenvalue weighted by Crippen LogP contribution is 2.27. The van der Waals surface area contributed by atoms with E-state index in [4.69, 9.17) is 21.1 Å². The van der Waals surface area contributed by atoms with Crippen LogP contribution in [0, 0.1) is 5.82 Å². The molecule has 2 aromatic carbocycles. The highest BCUT2D eigenvalue weighted by atomic mass is 35.5. The molecule has 104 valence electrons. The van der Waals surface area contributed by atoms with Crippen LogP contribution in [0.2, 0.25) is 5.02 Å². The number of methoxy groups -OCH3 is 2. The van der Waals surface area contributed by atoms with Crippen molar-refractivity contribution < 1.29 is 18.7 Å². The lowest BCUT2D eigenvalue weighted by Crippen LogP contribution is -2.05. The first-order valence-electron chi connectivity index (χ1n) is 5.78. The zero-order valence-corrected chi connectivity index (χ0v) is 11.7. The maximum atomic E-state index is 13.4. The lowest BCUT2D eigenvalue weighted by atomic mass is 10.0. The first-order valence-corrected chi connectivity index (χ1v) is 6.16. The number of halogens is 2. The van der Waals surface area contributed by atoms with Gasteiger partial charge in [-0.25, -0.2) is 4.39 Å². The van der Waals surface area contributed by atoms with Gasteiger partial charge in [0, 0.05) is 5.56 Å². The van der Waals surface area contributed by atoms with Gasteiger partial charge in [0.15, 0.2) is 5.78 Å². The molecule has 2 rings (SSSR count). The molecule has 0 N–H and O–H groups in total. The number of hydrogen-bond donors (Lipinski definition) is 0. The predicted octanol–water partition coefficient (Wildman–Crippen LogP) is 3.73. The van der Waals surface area contributed by atoms with Crippen LogP contribution < -0.4 is 9.47 Å². The molecule has 0 saturated heterocycles. The summed E-state index contributed by atoms with van der Waals surface area (Å²) < 4.78 is 23.7. The van der Waals surface area contributed by atoms with E-state index in [0.717, 1.165) is 6.07 Å². The lowest BCUT2D eigenvalue weighted by molar-refractivity contribution is 0.103. The Labute approximate surface area is 120 Å². The Balaban J connectivity index is 2.48. The number of benzene rings is 2. The highest BCUT2D eigenvalue weighted by Gasteiger charge is 2.17. The smallest absolute Gasteiger partial charge is 0.196 e. The minimum absolute atomic E-state index is 0.0286. The minimum Gasteiger partial charge on any atom is -0.497 e. The first-order chi connectivity index (χ1) is 9.56. The fourth-order valence-corrected chi connectivity index (χ4v) is 1.90. The van der Waals surface area contributed by atoms with Gasteiger partial charge in [0.25, 0.3) is 0 Å². The van der Waals surface area contributed by atoms with Gasteiger partial charge in [-0.2, -0.15) is 0 Å². The highest BCUT2D eigenvalue weighted by molar-refractivity contribution is 6.30. The first kappa shape index (κ1) is 14.3. The van der Waals surface area contributed by atoms with Crippen molar-refractivity contribution >= 4 is 17.4 Å². The van der Waals surface area contributed by atoms with Crippen molar-refractivity contribution in [1.82, 2.24) is 0 Å². The number of ketones is 1. The molecule has 0 fully saturated rings. The van der Waals surface area contributed by atoms with Gasteiger partial charge in [-0.3, -0.25) is 4.79 Å². The summed E-state index contributed by atoms with van der Waals surface area (Å²) in [5, 5.41) is -0.0286. The Morgan fingerprint density at radius 3 is 2.45 bits per heavy atom. The van der Waals surface area contributed by atoms with Gasteiger partial charge >= 0.3 is 0 Å². The molecular formula is C15H12ClFO3. The van der Waals surface area contributed by atoms with Crippen LogP contribution in [0.1, 0.15) is 15.9 Å². The Kier molecular flexibility index (Phi) is 4.25. The molecule has 0 amide bonds. The van der Waals surface area contributed by atoms with Crippen molar-refractivity contribution in [2.45, 2.75) is 0 Å². The second-order valence-electron chi connectivity index (χ2n) is 4.02. The van der Waals surface area contributed by atoms with Crippen LogP contribution in [-0.2, 0) is 0 Å². The van der Waals surface area contributed by atoms with Crippen molar-refractivity contribution in [3.63, 3.8) is 0 Å². The Morgan fingerprint density at radius 1 is 1.10 bits per heavy atom. The molecular weight excluding hydrogens is 283 g/mol. The van der Waals surface area contributed by atoms with E-state index in [2.05, 4.69) is 0 Å². The van der Waals surface area contributed by atoms with Gasteiger partial charge in [-0.15, -0.1) is 0 Å². The zero-order chi connectivity index (χ0) is 14.7. The van der Waals surface area contributed by atoms with Crippen LogP contribution in [0.15, 0.2) is 36.4 Å². The third-order valence-corrected chi connectivity index (χ3v) is 3.14. The SMILES string of the molecule is COc1ccc(OC)c(C(=O)c2ccc(Cl)c(F)c2)c1. The van der Waals surface area contributed by atoms with E-state index in [9.17, 15) is 9.18 Å². The molecule has 0 aliphatic carbocycles. The Morgan fingerprint density at radius 2 is 1.85 bits per heavy atom. The van der Waals surface area contributed by atoms with E-state index in [1.54, 1.807) is 18.2 Å². The van der Waals surface area contributed by atoms with Crippen molar-refractivity contribution in [1.29, 1.82) is 0 Å². The van der Waals surface area contributed by atoms with Gasteiger partial charge in [-0.1, -0.05) is 11.6 Å². The van der Waals surface area contributed by atoms with Crippen LogP contribution in [0.5, 0.6) is 11.5 Å². The van der Waals surface area contributed by atoms with Crippen LogP contribution in [-0.4, -0.2) is 20.0 Å². The molecule has 0 unspecified atom stereocenters. The molecule has 0 atom stereocenters. The standard InChI is InChI=1S/C15H12ClFO3/c1-19-10-4-6-14(20-2)11(8-10)15(18)9-3-5-12(16)13(17)7-9/h3-8H,1-2H3. The van der Waals surface area contributed by atoms with Gasteiger partial charge in [-0.05, 0) is 36.4 Å². The molecule has 0 saturated carbocycles. The summed E-state index contributed by atoms with van der Waals surface area (Å²) in [4.78, 5) is 12.4. The van der Waals surface area contributed by atoms with Crippen molar-refractivity contribution in [3.8, 4) is 11.5 Å². The molecule has 0 aliphatic rings. The van der Waals surface area contributed by atoms with E-state index in [1.165, 1.54) is 26.4 Å². The van der Waals surface area contributed by atoms with Crippen LogP contribution in [0.4, 0.5) is 4.39 Å². The number of carbonyl (C=O) groups excluding carboxylic acids is 1. The van der Waals surface area contributed by atoms with E-state index >= 15 is 0 Å². The molecule has 0 heterocycles. The molecule has 0 bridgehead atoms. The number of rotatable bonds is 4. The molecule has 0 spiro atoms. The van der Waals surface area contributed by atoms with Crippen LogP contribution in [0.3, 0.4) is 0 Å². The fraction of sp³-hybridized carbons (Fsp3) is 0.133. The van der Waals surface area contributed by atoms with Crippen molar-refractivity contribution in [2.75, 3.05) is 14.2 Å². The van der Waals surface area contributed by atoms with Crippen LogP contribution >= 0.6 is 11.6 Å². The topological polar surface area (TPSA) is 35.5 Å². The summed E-state index contributed by atoms with van der Waals surface area (Å²) in [5.74, 6) is -0.0922. The second-order valence-corrected chi connectivity index (χ2v) is 4.43. The summed E-state index contributed by atoms with van der Waals surface area (Å²) in [6, 6.07) is 8.76. The number of ether oxygens (including phenoxy) is 2. The maximum absolute atomic E-state index is 13.4. The molecule has 2 aromatic rings. The van der Waals surface area contributed by atoms with Gasteiger partial charge in [0.2, 0.25) is 0 Å². The van der Waals surface area contributed by atoms with Crippen molar-refractivity contribution in [2.24, 2.45) is 0 Å². The molecule has 0 radical (unpaired) electrons. The van der Waals surface area contributed by atoms with E-state index in [-0.39, 0.29) is 16.4 Å². The van der Waals surface area contributed by atoms with Gasteiger partial charge < -0.3 is 9.47 Å². The average Bonchev–Trinajstić information content (AvgIpc) is 2.48. The second kappa shape index (κ2) is 5.92. The predicted molar refractivity (Wildman–Crippen MR) is 74.4 cm³/mol. The van der Waals surface area contributed by atoms with Crippen molar-refractivity contribution in [3.05, 3.63) is 58.4 Å². The summed E-state index contributed by atoms with van der Waals surface area (Å²) in [5.41, 5.74) is 0.493. The molecule has 0 aromatic heterocycles. The summed E-state index contributed by atoms with van der Waals surface area (Å²) in [7, 11) is 2.96. The monoisotopic (exact) mass is 294 g/mol. The normalized spacial score (nSPS) is 10.2. The van der Waals surface area contributed by atoms with E-state index in [0.29, 0.717) is 17.1 Å². The summed E-state index contributed by atoms with van der Waals surface area (Å²) in [6.45, 7) is 0. The van der Waals surface area contributed by atoms with Crippen LogP contribution in [0.25, 0.3) is 0 Å². The third-order valence-electron chi connectivity index (χ3n) is 2.83. The summed E-state index contributed by atoms with van der Waals surface area (Å²) in [6.07, 6.45) is 0. The number of carbonyl (C=O) groups is 1. The number of hydrogen-bond acceptors (Lipinski definition) is 3. The maximum Gasteiger partial charge on any atom is 0.196 e. The fourth-order valence-electron chi connectivity index (χ4n) is 1.78. The van der Waals surface area contributed by atoms with Gasteiger partial charge in [0.05, 0.1) is 24.8 Å². The Hall–Kier alpha value is -2.07. The van der Waals surface area contributed by atoms with E-state index < -0.39 is 5.82 Å². The largest absolute Gasteiger partial charge is 0.497 e. The molecule has 20 heavy (non-hydrogen) atoms. The zero-order valence-electron chi connectivity index (χ0n) is 10.9. The van der Waals surface area contributed by atoms with E-state index in [1.807, 2.05) is 0 Å². The molecule has 5 heteroatoms. The lowest BCUT2D eigenvalue weighted by Gasteiger charge is -2.10. The quantitative estimate of drug-likeness (QED) is 0.806. The molecule has 0 aliphatic heterocycles. The summed E-state index contributed by atoms with van der Waals surface area (Å²) >= 11 is 5.61.